The van der Waals surface area contributed by atoms with Crippen molar-refractivity contribution >= 4 is 51.0 Å². The number of benzene rings is 2. The summed E-state index contributed by atoms with van der Waals surface area (Å²) in [6.07, 6.45) is 1.80. The first-order valence-corrected chi connectivity index (χ1v) is 7.81. The van der Waals surface area contributed by atoms with Gasteiger partial charge in [-0.25, -0.2) is 0 Å². The van der Waals surface area contributed by atoms with E-state index in [1.807, 2.05) is 18.2 Å². The zero-order chi connectivity index (χ0) is 14.5. The molecule has 0 fully saturated rings. The molecule has 0 aliphatic rings. The van der Waals surface area contributed by atoms with Crippen LogP contribution in [0.4, 0.5) is 0 Å². The topological polar surface area (TPSA) is 17.1 Å². The van der Waals surface area contributed by atoms with Crippen LogP contribution in [0, 0.1) is 0 Å². The monoisotopic (exact) mass is 368 g/mol. The first-order valence-electron chi connectivity index (χ1n) is 5.93. The summed E-state index contributed by atoms with van der Waals surface area (Å²) in [7, 11) is 0. The van der Waals surface area contributed by atoms with Crippen molar-refractivity contribution in [3.05, 3.63) is 75.3 Å². The Morgan fingerprint density at radius 2 is 1.70 bits per heavy atom. The van der Waals surface area contributed by atoms with E-state index >= 15 is 0 Å². The normalized spacial score (nSPS) is 11.4. The van der Waals surface area contributed by atoms with Gasteiger partial charge < -0.3 is 0 Å². The molecular weight excluding hydrogens is 359 g/mol. The van der Waals surface area contributed by atoms with Gasteiger partial charge in [0.2, 0.25) is 0 Å². The van der Waals surface area contributed by atoms with Crippen LogP contribution in [-0.4, -0.2) is 11.1 Å². The van der Waals surface area contributed by atoms with Gasteiger partial charge in [-0.2, -0.15) is 0 Å². The maximum atomic E-state index is 12.4. The number of halogens is 3. The largest absolute Gasteiger partial charge is 0.289 e. The molecule has 0 radical (unpaired) electrons. The standard InChI is InChI=1S/C16H11BrCl2O/c17-10-13(9-12-3-1-2-4-15(12)19)16(20)11-5-7-14(18)8-6-11/h1-9H,10H2. The molecule has 0 aliphatic heterocycles. The van der Waals surface area contributed by atoms with Crippen molar-refractivity contribution in [2.45, 2.75) is 0 Å². The first-order chi connectivity index (χ1) is 9.61. The first kappa shape index (κ1) is 15.3. The van der Waals surface area contributed by atoms with Crippen LogP contribution < -0.4 is 0 Å². The number of allylic oxidation sites excluding steroid dienone is 1. The number of alkyl halides is 1. The zero-order valence-electron chi connectivity index (χ0n) is 10.4. The van der Waals surface area contributed by atoms with Gasteiger partial charge in [0, 0.05) is 26.5 Å². The van der Waals surface area contributed by atoms with Gasteiger partial charge in [0.05, 0.1) is 0 Å². The van der Waals surface area contributed by atoms with Crippen LogP contribution >= 0.6 is 39.1 Å². The highest BCUT2D eigenvalue weighted by Crippen LogP contribution is 2.21. The molecule has 0 saturated carbocycles. The molecular formula is C16H11BrCl2O. The Labute approximate surface area is 136 Å². The molecule has 0 bridgehead atoms. The number of rotatable bonds is 4. The molecule has 102 valence electrons. The van der Waals surface area contributed by atoms with E-state index in [4.69, 9.17) is 23.2 Å². The van der Waals surface area contributed by atoms with Crippen molar-refractivity contribution in [3.63, 3.8) is 0 Å². The summed E-state index contributed by atoms with van der Waals surface area (Å²) in [4.78, 5) is 12.4. The second-order valence-corrected chi connectivity index (χ2v) is 5.57. The van der Waals surface area contributed by atoms with E-state index in [1.54, 1.807) is 36.4 Å². The molecule has 0 unspecified atom stereocenters. The maximum absolute atomic E-state index is 12.4. The van der Waals surface area contributed by atoms with Crippen LogP contribution in [-0.2, 0) is 0 Å². The van der Waals surface area contributed by atoms with Gasteiger partial charge in [0.1, 0.15) is 0 Å². The van der Waals surface area contributed by atoms with E-state index in [0.717, 1.165) is 5.56 Å². The Kier molecular flexibility index (Phi) is 5.41. The Balaban J connectivity index is 2.35. The summed E-state index contributed by atoms with van der Waals surface area (Å²) in [6, 6.07) is 14.3. The molecule has 4 heteroatoms. The van der Waals surface area contributed by atoms with Crippen molar-refractivity contribution in [1.29, 1.82) is 0 Å². The minimum atomic E-state index is -0.0431. The van der Waals surface area contributed by atoms with Gasteiger partial charge in [-0.05, 0) is 42.0 Å². The van der Waals surface area contributed by atoms with Crippen molar-refractivity contribution in [3.8, 4) is 0 Å². The van der Waals surface area contributed by atoms with Crippen molar-refractivity contribution < 1.29 is 4.79 Å². The van der Waals surface area contributed by atoms with E-state index in [9.17, 15) is 4.79 Å². The lowest BCUT2D eigenvalue weighted by atomic mass is 10.0. The summed E-state index contributed by atoms with van der Waals surface area (Å²) in [5.74, 6) is -0.0431. The SMILES string of the molecule is O=C(C(=Cc1ccccc1Cl)CBr)c1ccc(Cl)cc1. The summed E-state index contributed by atoms with van der Waals surface area (Å²) in [5.41, 5.74) is 2.07. The summed E-state index contributed by atoms with van der Waals surface area (Å²) >= 11 is 15.3. The second kappa shape index (κ2) is 7.07. The van der Waals surface area contributed by atoms with Gasteiger partial charge in [-0.3, -0.25) is 4.79 Å². The lowest BCUT2D eigenvalue weighted by Gasteiger charge is -2.05. The Bertz CT molecular complexity index is 648. The van der Waals surface area contributed by atoms with Crippen LogP contribution in [0.3, 0.4) is 0 Å². The molecule has 0 N–H and O–H groups in total. The fourth-order valence-corrected chi connectivity index (χ4v) is 2.46. The number of hydrogen-bond donors (Lipinski definition) is 0. The third kappa shape index (κ3) is 3.72. The van der Waals surface area contributed by atoms with Crippen LogP contribution in [0.1, 0.15) is 15.9 Å². The summed E-state index contributed by atoms with van der Waals surface area (Å²) in [6.45, 7) is 0. The molecule has 0 aliphatic carbocycles. The van der Waals surface area contributed by atoms with Gasteiger partial charge in [0.25, 0.3) is 0 Å². The number of carbonyl (C=O) groups excluding carboxylic acids is 1. The molecule has 0 amide bonds. The third-order valence-corrected chi connectivity index (χ3v) is 3.98. The molecule has 0 aromatic heterocycles. The zero-order valence-corrected chi connectivity index (χ0v) is 13.5. The molecule has 0 spiro atoms. The maximum Gasteiger partial charge on any atom is 0.189 e. The quantitative estimate of drug-likeness (QED) is 0.386. The molecule has 2 aromatic carbocycles. The van der Waals surface area contributed by atoms with Crippen LogP contribution in [0.25, 0.3) is 6.08 Å². The highest BCUT2D eigenvalue weighted by Gasteiger charge is 2.11. The summed E-state index contributed by atoms with van der Waals surface area (Å²) < 4.78 is 0. The Morgan fingerprint density at radius 3 is 2.30 bits per heavy atom. The minimum absolute atomic E-state index is 0.0431. The van der Waals surface area contributed by atoms with Crippen LogP contribution in [0.15, 0.2) is 54.1 Å². The Morgan fingerprint density at radius 1 is 1.05 bits per heavy atom. The van der Waals surface area contributed by atoms with Crippen molar-refractivity contribution in [2.24, 2.45) is 0 Å². The molecule has 1 nitrogen and oxygen atoms in total. The van der Waals surface area contributed by atoms with Crippen molar-refractivity contribution in [2.75, 3.05) is 5.33 Å². The molecule has 2 rings (SSSR count). The number of carbonyl (C=O) groups is 1. The van der Waals surface area contributed by atoms with Crippen molar-refractivity contribution in [1.82, 2.24) is 0 Å². The fraction of sp³-hybridized carbons (Fsp3) is 0.0625. The predicted octanol–water partition coefficient (Wildman–Crippen LogP) is 5.65. The second-order valence-electron chi connectivity index (χ2n) is 4.16. The molecule has 20 heavy (non-hydrogen) atoms. The number of Topliss-reactive ketones (excluding diaryl/α,β-unsaturated/α-hetero) is 1. The van der Waals surface area contributed by atoms with Gasteiger partial charge in [-0.1, -0.05) is 57.3 Å². The lowest BCUT2D eigenvalue weighted by molar-refractivity contribution is 0.103. The molecule has 0 saturated heterocycles. The fourth-order valence-electron chi connectivity index (χ4n) is 1.73. The highest BCUT2D eigenvalue weighted by atomic mass is 79.9. The summed E-state index contributed by atoms with van der Waals surface area (Å²) in [5, 5.41) is 1.69. The average Bonchev–Trinajstić information content (AvgIpc) is 2.46. The molecule has 0 atom stereocenters. The predicted molar refractivity (Wildman–Crippen MR) is 89.0 cm³/mol. The van der Waals surface area contributed by atoms with E-state index in [0.29, 0.717) is 26.5 Å². The number of hydrogen-bond acceptors (Lipinski definition) is 1. The molecule has 2 aromatic rings. The lowest BCUT2D eigenvalue weighted by Crippen LogP contribution is -2.04. The molecule has 0 heterocycles. The van der Waals surface area contributed by atoms with Gasteiger partial charge in [-0.15, -0.1) is 0 Å². The van der Waals surface area contributed by atoms with E-state index < -0.39 is 0 Å². The van der Waals surface area contributed by atoms with Crippen LogP contribution in [0.5, 0.6) is 0 Å². The smallest absolute Gasteiger partial charge is 0.189 e. The van der Waals surface area contributed by atoms with Crippen LogP contribution in [0.2, 0.25) is 10.0 Å². The number of ketones is 1. The Hall–Kier alpha value is -1.09. The van der Waals surface area contributed by atoms with Gasteiger partial charge in [0.15, 0.2) is 5.78 Å². The minimum Gasteiger partial charge on any atom is -0.289 e. The average molecular weight is 370 g/mol. The van der Waals surface area contributed by atoms with E-state index in [1.165, 1.54) is 0 Å². The third-order valence-electron chi connectivity index (χ3n) is 2.78. The van der Waals surface area contributed by atoms with E-state index in [2.05, 4.69) is 15.9 Å². The van der Waals surface area contributed by atoms with E-state index in [-0.39, 0.29) is 5.78 Å². The highest BCUT2D eigenvalue weighted by molar-refractivity contribution is 9.09. The van der Waals surface area contributed by atoms with Gasteiger partial charge >= 0.3 is 0 Å².